The number of nitrogens with one attached hydrogen (secondary N) is 1. The van der Waals surface area contributed by atoms with Crippen LogP contribution in [-0.2, 0) is 9.53 Å². The van der Waals surface area contributed by atoms with Gasteiger partial charge in [-0.05, 0) is 38.0 Å². The second kappa shape index (κ2) is 7.96. The number of hydrogen-bond acceptors (Lipinski definition) is 4. The molecule has 7 nitrogen and oxygen atoms in total. The predicted molar refractivity (Wildman–Crippen MR) is 102 cm³/mol. The summed E-state index contributed by atoms with van der Waals surface area (Å²) in [5, 5.41) is 2.44. The number of ether oxygens (including phenoxy) is 1. The van der Waals surface area contributed by atoms with E-state index in [1.165, 1.54) is 19.2 Å². The van der Waals surface area contributed by atoms with Crippen LogP contribution in [0, 0.1) is 5.41 Å². The van der Waals surface area contributed by atoms with Crippen molar-refractivity contribution in [1.29, 1.82) is 0 Å². The van der Waals surface area contributed by atoms with Crippen molar-refractivity contribution in [2.75, 3.05) is 38.6 Å². The number of carbonyl (C=O) groups excluding carboxylic acids is 3. The lowest BCUT2D eigenvalue weighted by Crippen LogP contribution is -2.62. The highest BCUT2D eigenvalue weighted by molar-refractivity contribution is 5.97. The van der Waals surface area contributed by atoms with Crippen molar-refractivity contribution in [3.05, 3.63) is 29.8 Å². The van der Waals surface area contributed by atoms with Crippen LogP contribution in [0.4, 0.5) is 19.3 Å². The maximum Gasteiger partial charge on any atom is 0.411 e. The molecule has 1 atom stereocenters. The van der Waals surface area contributed by atoms with Gasteiger partial charge in [0.25, 0.3) is 11.8 Å². The largest absolute Gasteiger partial charge is 0.453 e. The van der Waals surface area contributed by atoms with Gasteiger partial charge in [-0.25, -0.2) is 13.6 Å². The number of benzene rings is 1. The second-order valence-corrected chi connectivity index (χ2v) is 7.66. The topological polar surface area (TPSA) is 78.9 Å². The summed E-state index contributed by atoms with van der Waals surface area (Å²) in [6, 6.07) is 6.00. The number of anilines is 1. The van der Waals surface area contributed by atoms with Gasteiger partial charge in [0.15, 0.2) is 0 Å². The molecule has 2 heterocycles. The van der Waals surface area contributed by atoms with Crippen LogP contribution in [0.1, 0.15) is 36.5 Å². The lowest BCUT2D eigenvalue weighted by molar-refractivity contribution is -0.165. The summed E-state index contributed by atoms with van der Waals surface area (Å²) in [4.78, 5) is 40.0. The number of carbonyl (C=O) groups is 3. The Labute approximate surface area is 168 Å². The van der Waals surface area contributed by atoms with Gasteiger partial charge >= 0.3 is 6.09 Å². The zero-order valence-corrected chi connectivity index (χ0v) is 16.5. The summed E-state index contributed by atoms with van der Waals surface area (Å²) < 4.78 is 33.8. The molecule has 9 heteroatoms. The van der Waals surface area contributed by atoms with Crippen molar-refractivity contribution in [2.24, 2.45) is 5.41 Å². The first-order chi connectivity index (χ1) is 13.7. The molecule has 2 fully saturated rings. The second-order valence-electron chi connectivity index (χ2n) is 7.66. The standard InChI is InChI=1S/C20H25F2N3O4/c1-3-24-9-5-8-19(17(24)27)11-20(21,22)13-25(12-19)16(26)14-6-4-7-15(10-14)23-18(28)29-2/h4,6-7,10H,3,5,8-9,11-13H2,1-2H3,(H,23,28). The average Bonchev–Trinajstić information content (AvgIpc) is 2.68. The Kier molecular flexibility index (Phi) is 5.77. The van der Waals surface area contributed by atoms with Gasteiger partial charge in [-0.15, -0.1) is 0 Å². The molecule has 0 aromatic heterocycles. The zero-order valence-electron chi connectivity index (χ0n) is 16.5. The van der Waals surface area contributed by atoms with Gasteiger partial charge in [0.2, 0.25) is 5.91 Å². The molecule has 1 unspecified atom stereocenters. The number of nitrogens with zero attached hydrogens (tertiary/aromatic N) is 2. The van der Waals surface area contributed by atoms with E-state index < -0.39 is 36.3 Å². The Morgan fingerprint density at radius 3 is 2.72 bits per heavy atom. The molecule has 0 radical (unpaired) electrons. The molecule has 0 saturated carbocycles. The van der Waals surface area contributed by atoms with Crippen LogP contribution in [0.15, 0.2) is 24.3 Å². The summed E-state index contributed by atoms with van der Waals surface area (Å²) in [6.45, 7) is 2.06. The van der Waals surface area contributed by atoms with Crippen molar-refractivity contribution in [1.82, 2.24) is 9.80 Å². The van der Waals surface area contributed by atoms with E-state index in [1.807, 2.05) is 6.92 Å². The van der Waals surface area contributed by atoms with Gasteiger partial charge in [0, 0.05) is 37.3 Å². The fraction of sp³-hybridized carbons (Fsp3) is 0.550. The number of likely N-dealkylation sites (tertiary alicyclic amines) is 2. The molecule has 2 aliphatic rings. The minimum absolute atomic E-state index is 0.0363. The highest BCUT2D eigenvalue weighted by Gasteiger charge is 2.55. The van der Waals surface area contributed by atoms with E-state index >= 15 is 0 Å². The van der Waals surface area contributed by atoms with Crippen LogP contribution >= 0.6 is 0 Å². The summed E-state index contributed by atoms with van der Waals surface area (Å²) in [5.74, 6) is -4.05. The van der Waals surface area contributed by atoms with Gasteiger partial charge in [-0.2, -0.15) is 0 Å². The van der Waals surface area contributed by atoms with Crippen molar-refractivity contribution < 1.29 is 27.9 Å². The molecule has 1 aromatic carbocycles. The zero-order chi connectivity index (χ0) is 21.2. The maximum atomic E-state index is 14.6. The Morgan fingerprint density at radius 1 is 1.28 bits per heavy atom. The molecular weight excluding hydrogens is 384 g/mol. The van der Waals surface area contributed by atoms with Crippen molar-refractivity contribution in [2.45, 2.75) is 32.1 Å². The summed E-state index contributed by atoms with van der Waals surface area (Å²) in [6.07, 6.45) is -0.268. The van der Waals surface area contributed by atoms with Gasteiger partial charge in [-0.3, -0.25) is 14.9 Å². The van der Waals surface area contributed by atoms with Crippen LogP contribution in [0.5, 0.6) is 0 Å². The third-order valence-corrected chi connectivity index (χ3v) is 5.55. The van der Waals surface area contributed by atoms with Crippen molar-refractivity contribution in [3.63, 3.8) is 0 Å². The first-order valence-electron chi connectivity index (χ1n) is 9.61. The van der Waals surface area contributed by atoms with E-state index in [2.05, 4.69) is 10.1 Å². The Morgan fingerprint density at radius 2 is 2.03 bits per heavy atom. The van der Waals surface area contributed by atoms with E-state index in [-0.39, 0.29) is 18.0 Å². The molecule has 0 bridgehead atoms. The Bertz CT molecular complexity index is 817. The molecule has 2 saturated heterocycles. The molecule has 1 aromatic rings. The molecule has 3 amide bonds. The normalized spacial score (nSPS) is 23.8. The Hall–Kier alpha value is -2.71. The SMILES string of the molecule is CCN1CCCC2(CN(C(=O)c3cccc(NC(=O)OC)c3)CC(F)(F)C2)C1=O. The third kappa shape index (κ3) is 4.33. The predicted octanol–water partition coefficient (Wildman–Crippen LogP) is 2.97. The smallest absolute Gasteiger partial charge is 0.411 e. The molecular formula is C20H25F2N3O4. The molecule has 158 valence electrons. The third-order valence-electron chi connectivity index (χ3n) is 5.55. The highest BCUT2D eigenvalue weighted by Crippen LogP contribution is 2.45. The first-order valence-corrected chi connectivity index (χ1v) is 9.61. The monoisotopic (exact) mass is 409 g/mol. The van der Waals surface area contributed by atoms with Crippen LogP contribution in [0.2, 0.25) is 0 Å². The highest BCUT2D eigenvalue weighted by atomic mass is 19.3. The van der Waals surface area contributed by atoms with E-state index in [1.54, 1.807) is 17.0 Å². The van der Waals surface area contributed by atoms with Gasteiger partial charge in [0.05, 0.1) is 19.1 Å². The number of amides is 3. The van der Waals surface area contributed by atoms with Gasteiger partial charge < -0.3 is 14.5 Å². The number of rotatable bonds is 3. The van der Waals surface area contributed by atoms with Crippen molar-refractivity contribution in [3.8, 4) is 0 Å². The first kappa shape index (κ1) is 21.0. The number of piperidine rings is 2. The summed E-state index contributed by atoms with van der Waals surface area (Å²) in [7, 11) is 1.21. The van der Waals surface area contributed by atoms with Crippen LogP contribution in [-0.4, -0.2) is 66.9 Å². The minimum Gasteiger partial charge on any atom is -0.453 e. The number of methoxy groups -OCH3 is 1. The van der Waals surface area contributed by atoms with Crippen LogP contribution in [0.3, 0.4) is 0 Å². The van der Waals surface area contributed by atoms with E-state index in [0.29, 0.717) is 31.6 Å². The summed E-state index contributed by atoms with van der Waals surface area (Å²) in [5.41, 5.74) is -0.789. The van der Waals surface area contributed by atoms with Gasteiger partial charge in [0.1, 0.15) is 0 Å². The number of hydrogen-bond donors (Lipinski definition) is 1. The lowest BCUT2D eigenvalue weighted by atomic mass is 9.71. The van der Waals surface area contributed by atoms with Crippen LogP contribution < -0.4 is 5.32 Å². The van der Waals surface area contributed by atoms with E-state index in [9.17, 15) is 23.2 Å². The fourth-order valence-corrected chi connectivity index (χ4v) is 4.30. The summed E-state index contributed by atoms with van der Waals surface area (Å²) >= 11 is 0. The maximum absolute atomic E-state index is 14.6. The molecule has 29 heavy (non-hydrogen) atoms. The molecule has 2 aliphatic heterocycles. The minimum atomic E-state index is -3.15. The number of alkyl halides is 2. The molecule has 1 spiro atoms. The van der Waals surface area contributed by atoms with E-state index in [4.69, 9.17) is 0 Å². The quantitative estimate of drug-likeness (QED) is 0.833. The van der Waals surface area contributed by atoms with Crippen molar-refractivity contribution >= 4 is 23.6 Å². The molecule has 1 N–H and O–H groups in total. The average molecular weight is 409 g/mol. The Balaban J connectivity index is 1.86. The number of halogens is 2. The molecule has 0 aliphatic carbocycles. The van der Waals surface area contributed by atoms with E-state index in [0.717, 1.165) is 4.90 Å². The fourth-order valence-electron chi connectivity index (χ4n) is 4.30. The van der Waals surface area contributed by atoms with Gasteiger partial charge in [-0.1, -0.05) is 6.07 Å². The van der Waals surface area contributed by atoms with Crippen LogP contribution in [0.25, 0.3) is 0 Å². The lowest BCUT2D eigenvalue weighted by Gasteiger charge is -2.49. The molecule has 3 rings (SSSR count).